The van der Waals surface area contributed by atoms with Crippen molar-refractivity contribution >= 4 is 45.6 Å². The normalized spacial score (nSPS) is 11.4. The van der Waals surface area contributed by atoms with Crippen molar-refractivity contribution in [1.29, 1.82) is 0 Å². The second-order valence-corrected chi connectivity index (χ2v) is 10.8. The van der Waals surface area contributed by atoms with E-state index in [4.69, 9.17) is 31.4 Å². The topological polar surface area (TPSA) is 234 Å². The number of hydrogen-bond acceptors (Lipinski definition) is 9. The third kappa shape index (κ3) is 21.1. The van der Waals surface area contributed by atoms with Gasteiger partial charge >= 0.3 is 5.97 Å². The first-order valence-electron chi connectivity index (χ1n) is 14.9. The van der Waals surface area contributed by atoms with E-state index in [0.717, 1.165) is 16.5 Å². The Morgan fingerprint density at radius 2 is 1.49 bits per heavy atom. The van der Waals surface area contributed by atoms with Gasteiger partial charge in [0.05, 0.1) is 32.8 Å². The fourth-order valence-corrected chi connectivity index (χ4v) is 4.08. The van der Waals surface area contributed by atoms with Crippen molar-refractivity contribution in [2.24, 2.45) is 22.2 Å². The Hall–Kier alpha value is -3.31. The first-order valence-corrected chi connectivity index (χ1v) is 15.7. The summed E-state index contributed by atoms with van der Waals surface area (Å²) < 4.78 is 17.1. The Bertz CT molecular complexity index is 1040. The molecule has 1 aromatic rings. The maximum Gasteiger partial charge on any atom is 0.305 e. The summed E-state index contributed by atoms with van der Waals surface area (Å²) in [6.45, 7) is 4.03. The summed E-state index contributed by atoms with van der Waals surface area (Å²) >= 11 is 3.36. The number of guanidine groups is 1. The fraction of sp³-hybridized carbons (Fsp3) is 0.621. The second-order valence-electron chi connectivity index (χ2n) is 9.93. The number of hydrogen-bond donors (Lipinski definition) is 6. The minimum Gasteiger partial charge on any atom is -0.481 e. The number of aliphatic imine (C=N–C) groups is 1. The van der Waals surface area contributed by atoms with Crippen molar-refractivity contribution in [2.75, 3.05) is 65.8 Å². The van der Waals surface area contributed by atoms with Gasteiger partial charge in [-0.2, -0.15) is 0 Å². The Balaban J connectivity index is 2.50. The van der Waals surface area contributed by atoms with Gasteiger partial charge in [-0.3, -0.25) is 24.2 Å². The number of carboxylic acids is 1. The number of amides is 3. The lowest BCUT2D eigenvalue weighted by molar-refractivity contribution is -0.140. The first-order chi connectivity index (χ1) is 21.6. The summed E-state index contributed by atoms with van der Waals surface area (Å²) in [7, 11) is 0. The van der Waals surface area contributed by atoms with Crippen LogP contribution in [0.3, 0.4) is 0 Å². The summed E-state index contributed by atoms with van der Waals surface area (Å²) in [5.41, 5.74) is 17.0. The number of halogens is 1. The highest BCUT2D eigenvalue weighted by Gasteiger charge is 2.26. The number of carboxylic acid groups (broad SMARTS) is 1. The molecule has 0 aliphatic carbocycles. The maximum absolute atomic E-state index is 13.5. The molecule has 45 heavy (non-hydrogen) atoms. The summed E-state index contributed by atoms with van der Waals surface area (Å²) in [6.07, 6.45) is 0.980. The number of ether oxygens (including phenoxy) is 3. The molecule has 0 bridgehead atoms. The van der Waals surface area contributed by atoms with E-state index < -0.39 is 23.8 Å². The van der Waals surface area contributed by atoms with Crippen LogP contribution in [0.4, 0.5) is 0 Å². The molecule has 0 saturated carbocycles. The predicted molar refractivity (Wildman–Crippen MR) is 172 cm³/mol. The van der Waals surface area contributed by atoms with Crippen LogP contribution in [0.2, 0.25) is 0 Å². The molecule has 0 spiro atoms. The number of nitrogens with zero attached hydrogens (tertiary/aromatic N) is 2. The number of carbonyl (C=O) groups is 4. The van der Waals surface area contributed by atoms with E-state index in [1.165, 1.54) is 4.90 Å². The van der Waals surface area contributed by atoms with Gasteiger partial charge in [0.2, 0.25) is 17.7 Å². The molecule has 16 heteroatoms. The van der Waals surface area contributed by atoms with E-state index in [2.05, 4.69) is 31.6 Å². The average molecular weight is 703 g/mol. The lowest BCUT2D eigenvalue weighted by Gasteiger charge is -2.27. The Labute approximate surface area is 272 Å². The van der Waals surface area contributed by atoms with E-state index in [1.807, 2.05) is 12.1 Å². The molecular weight excluding hydrogens is 654 g/mol. The molecule has 0 radical (unpaired) electrons. The van der Waals surface area contributed by atoms with Gasteiger partial charge in [-0.25, -0.2) is 0 Å². The molecule has 9 N–H and O–H groups in total. The van der Waals surface area contributed by atoms with E-state index >= 15 is 0 Å². The van der Waals surface area contributed by atoms with Crippen molar-refractivity contribution < 1.29 is 38.5 Å². The Morgan fingerprint density at radius 1 is 0.889 bits per heavy atom. The van der Waals surface area contributed by atoms with E-state index in [1.54, 1.807) is 12.1 Å². The Morgan fingerprint density at radius 3 is 2.09 bits per heavy atom. The lowest BCUT2D eigenvalue weighted by atomic mass is 10.1. The molecule has 1 atom stereocenters. The van der Waals surface area contributed by atoms with Crippen molar-refractivity contribution in [3.63, 3.8) is 0 Å². The minimum atomic E-state index is -1.06. The van der Waals surface area contributed by atoms with Crippen molar-refractivity contribution in [2.45, 2.75) is 51.1 Å². The smallest absolute Gasteiger partial charge is 0.305 e. The third-order valence-corrected chi connectivity index (χ3v) is 6.67. The highest BCUT2D eigenvalue weighted by Crippen LogP contribution is 2.14. The fourth-order valence-electron chi connectivity index (χ4n) is 3.82. The monoisotopic (exact) mass is 701 g/mol. The molecule has 0 heterocycles. The highest BCUT2D eigenvalue weighted by atomic mass is 79.9. The lowest BCUT2D eigenvalue weighted by Crippen LogP contribution is -2.49. The molecule has 1 aromatic carbocycles. The van der Waals surface area contributed by atoms with E-state index in [0.29, 0.717) is 59.2 Å². The van der Waals surface area contributed by atoms with Gasteiger partial charge < -0.3 is 52.1 Å². The van der Waals surface area contributed by atoms with Gasteiger partial charge in [-0.05, 0) is 43.5 Å². The molecule has 3 amide bonds. The molecule has 15 nitrogen and oxygen atoms in total. The van der Waals surface area contributed by atoms with Crippen LogP contribution in [-0.2, 0) is 39.9 Å². The van der Waals surface area contributed by atoms with Crippen LogP contribution in [0.25, 0.3) is 0 Å². The number of carbonyl (C=O) groups excluding carboxylic acids is 3. The molecular formula is C29H48BrN7O8. The number of nitrogens with two attached hydrogens (primary N) is 3. The zero-order valence-electron chi connectivity index (χ0n) is 25.7. The predicted octanol–water partition coefficient (Wildman–Crippen LogP) is 0.0858. The first kappa shape index (κ1) is 39.7. The standard InChI is InChI=1S/C29H48BrN7O8/c30-23-5-3-22(4-6-23)21-37(14-10-27(40)41)28(42)24(9-13-35-29(32)33)36-26(39)8-7-25(38)34-12-2-16-44-18-20-45-19-17-43-15-1-11-31/h3-6,24H,1-2,7-21,31H2,(H,34,38)(H,36,39)(H,40,41)(H4,32,33,35). The summed E-state index contributed by atoms with van der Waals surface area (Å²) in [5.74, 6) is -2.54. The zero-order chi connectivity index (χ0) is 33.3. The van der Waals surface area contributed by atoms with E-state index in [-0.39, 0.29) is 57.2 Å². The zero-order valence-corrected chi connectivity index (χ0v) is 27.3. The summed E-state index contributed by atoms with van der Waals surface area (Å²) in [4.78, 5) is 55.0. The van der Waals surface area contributed by atoms with Gasteiger partial charge in [0.1, 0.15) is 6.04 Å². The molecule has 0 aliphatic heterocycles. The third-order valence-electron chi connectivity index (χ3n) is 6.14. The van der Waals surface area contributed by atoms with Gasteiger partial charge in [-0.1, -0.05) is 28.1 Å². The highest BCUT2D eigenvalue weighted by molar-refractivity contribution is 9.10. The summed E-state index contributed by atoms with van der Waals surface area (Å²) in [6, 6.07) is 6.21. The molecule has 0 fully saturated rings. The van der Waals surface area contributed by atoms with Gasteiger partial charge in [0, 0.05) is 56.7 Å². The van der Waals surface area contributed by atoms with Crippen LogP contribution in [0.5, 0.6) is 0 Å². The largest absolute Gasteiger partial charge is 0.481 e. The van der Waals surface area contributed by atoms with Crippen LogP contribution in [0.15, 0.2) is 33.7 Å². The van der Waals surface area contributed by atoms with Crippen molar-refractivity contribution in [3.8, 4) is 0 Å². The van der Waals surface area contributed by atoms with E-state index in [9.17, 15) is 24.3 Å². The van der Waals surface area contributed by atoms with Crippen LogP contribution in [-0.4, -0.2) is 112 Å². The molecule has 0 aliphatic rings. The van der Waals surface area contributed by atoms with Crippen LogP contribution >= 0.6 is 15.9 Å². The maximum atomic E-state index is 13.5. The Kier molecular flexibility index (Phi) is 22.0. The molecule has 1 rings (SSSR count). The molecule has 0 aromatic heterocycles. The SMILES string of the molecule is NCCCOCCOCCOCCCNC(=O)CCC(=O)NC(CCN=C(N)N)C(=O)N(CCC(=O)O)Cc1ccc(Br)cc1. The molecule has 1 unspecified atom stereocenters. The number of rotatable bonds is 26. The van der Waals surface area contributed by atoms with Crippen LogP contribution < -0.4 is 27.8 Å². The van der Waals surface area contributed by atoms with Gasteiger partial charge in [0.25, 0.3) is 0 Å². The van der Waals surface area contributed by atoms with Crippen LogP contribution in [0, 0.1) is 0 Å². The van der Waals surface area contributed by atoms with Gasteiger partial charge in [-0.15, -0.1) is 0 Å². The molecule has 254 valence electrons. The van der Waals surface area contributed by atoms with Crippen molar-refractivity contribution in [1.82, 2.24) is 15.5 Å². The quantitative estimate of drug-likeness (QED) is 0.0430. The number of nitrogens with one attached hydrogen (secondary N) is 2. The molecule has 0 saturated heterocycles. The van der Waals surface area contributed by atoms with Gasteiger partial charge in [0.15, 0.2) is 5.96 Å². The van der Waals surface area contributed by atoms with Crippen LogP contribution in [0.1, 0.15) is 44.1 Å². The average Bonchev–Trinajstić information content (AvgIpc) is 3.00. The number of aliphatic carboxylic acids is 1. The minimum absolute atomic E-state index is 0.0579. The number of benzene rings is 1. The second kappa shape index (κ2) is 24.9. The van der Waals surface area contributed by atoms with Crippen molar-refractivity contribution in [3.05, 3.63) is 34.3 Å². The summed E-state index contributed by atoms with van der Waals surface area (Å²) in [5, 5.41) is 14.6.